The van der Waals surface area contributed by atoms with Crippen molar-refractivity contribution in [1.29, 1.82) is 0 Å². The Morgan fingerprint density at radius 2 is 2.12 bits per heavy atom. The number of amides is 1. The van der Waals surface area contributed by atoms with Gasteiger partial charge >= 0.3 is 0 Å². The van der Waals surface area contributed by atoms with Crippen LogP contribution in [0.1, 0.15) is 52.9 Å². The summed E-state index contributed by atoms with van der Waals surface area (Å²) in [5.74, 6) is 0.891. The fourth-order valence-corrected chi connectivity index (χ4v) is 2.45. The minimum atomic E-state index is 0.0435. The first-order chi connectivity index (χ1) is 7.54. The van der Waals surface area contributed by atoms with Crippen LogP contribution in [0.4, 0.5) is 0 Å². The summed E-state index contributed by atoms with van der Waals surface area (Å²) in [5, 5.41) is 0. The van der Waals surface area contributed by atoms with Gasteiger partial charge in [-0.25, -0.2) is 0 Å². The summed E-state index contributed by atoms with van der Waals surface area (Å²) in [6.45, 7) is 7.39. The molecule has 0 bridgehead atoms. The van der Waals surface area contributed by atoms with Crippen molar-refractivity contribution in [2.45, 2.75) is 65.0 Å². The van der Waals surface area contributed by atoms with Crippen LogP contribution in [-0.2, 0) is 4.79 Å². The van der Waals surface area contributed by atoms with Crippen molar-refractivity contribution in [1.82, 2.24) is 4.90 Å². The SMILES string of the molecule is CCCC(N)CC(=O)N1CC(C)CCC1C. The minimum Gasteiger partial charge on any atom is -0.340 e. The molecule has 1 rings (SSSR count). The average Bonchev–Trinajstić information content (AvgIpc) is 2.21. The number of nitrogens with zero attached hydrogens (tertiary/aromatic N) is 1. The predicted molar refractivity (Wildman–Crippen MR) is 67.1 cm³/mol. The third kappa shape index (κ3) is 3.78. The first-order valence-corrected chi connectivity index (χ1v) is 6.59. The standard InChI is InChI=1S/C13H26N2O/c1-4-5-12(14)8-13(16)15-9-10(2)6-7-11(15)3/h10-12H,4-9,14H2,1-3H3. The van der Waals surface area contributed by atoms with Crippen LogP contribution in [0.5, 0.6) is 0 Å². The summed E-state index contributed by atoms with van der Waals surface area (Å²) in [4.78, 5) is 14.1. The molecule has 0 spiro atoms. The second-order valence-electron chi connectivity index (χ2n) is 5.33. The molecule has 94 valence electrons. The number of carbonyl (C=O) groups is 1. The summed E-state index contributed by atoms with van der Waals surface area (Å²) < 4.78 is 0. The van der Waals surface area contributed by atoms with Gasteiger partial charge in [-0.15, -0.1) is 0 Å². The van der Waals surface area contributed by atoms with Gasteiger partial charge in [0.05, 0.1) is 0 Å². The van der Waals surface area contributed by atoms with E-state index in [-0.39, 0.29) is 11.9 Å². The molecule has 3 unspecified atom stereocenters. The van der Waals surface area contributed by atoms with Gasteiger partial charge in [-0.05, 0) is 32.1 Å². The maximum Gasteiger partial charge on any atom is 0.224 e. The first-order valence-electron chi connectivity index (χ1n) is 6.59. The molecule has 0 radical (unpaired) electrons. The van der Waals surface area contributed by atoms with E-state index in [1.54, 1.807) is 0 Å². The van der Waals surface area contributed by atoms with Gasteiger partial charge in [0.25, 0.3) is 0 Å². The van der Waals surface area contributed by atoms with Crippen molar-refractivity contribution in [3.8, 4) is 0 Å². The molecule has 1 aliphatic rings. The monoisotopic (exact) mass is 226 g/mol. The van der Waals surface area contributed by atoms with E-state index in [9.17, 15) is 4.79 Å². The molecule has 16 heavy (non-hydrogen) atoms. The van der Waals surface area contributed by atoms with Crippen molar-refractivity contribution < 1.29 is 4.79 Å². The van der Waals surface area contributed by atoms with Crippen molar-refractivity contribution in [2.24, 2.45) is 11.7 Å². The van der Waals surface area contributed by atoms with Crippen molar-refractivity contribution >= 4 is 5.91 Å². The normalized spacial score (nSPS) is 27.9. The van der Waals surface area contributed by atoms with E-state index in [0.717, 1.165) is 25.8 Å². The lowest BCUT2D eigenvalue weighted by atomic mass is 9.94. The maximum absolute atomic E-state index is 12.1. The van der Waals surface area contributed by atoms with Gasteiger partial charge in [0, 0.05) is 25.0 Å². The molecular formula is C13H26N2O. The zero-order valence-corrected chi connectivity index (χ0v) is 10.9. The van der Waals surface area contributed by atoms with E-state index in [0.29, 0.717) is 18.4 Å². The van der Waals surface area contributed by atoms with Gasteiger partial charge in [0.2, 0.25) is 5.91 Å². The highest BCUT2D eigenvalue weighted by molar-refractivity contribution is 5.77. The molecule has 3 atom stereocenters. The molecule has 0 aromatic rings. The van der Waals surface area contributed by atoms with E-state index < -0.39 is 0 Å². The highest BCUT2D eigenvalue weighted by atomic mass is 16.2. The molecule has 2 N–H and O–H groups in total. The summed E-state index contributed by atoms with van der Waals surface area (Å²) >= 11 is 0. The van der Waals surface area contributed by atoms with Crippen molar-refractivity contribution in [2.75, 3.05) is 6.54 Å². The van der Waals surface area contributed by atoms with Crippen LogP contribution >= 0.6 is 0 Å². The Kier molecular flexibility index (Phi) is 5.26. The molecule has 3 heteroatoms. The first kappa shape index (κ1) is 13.5. The molecule has 0 aliphatic carbocycles. The second-order valence-corrected chi connectivity index (χ2v) is 5.33. The summed E-state index contributed by atoms with van der Waals surface area (Å²) in [6.07, 6.45) is 4.90. The fraction of sp³-hybridized carbons (Fsp3) is 0.923. The number of hydrogen-bond donors (Lipinski definition) is 1. The number of nitrogens with two attached hydrogens (primary N) is 1. The van der Waals surface area contributed by atoms with Crippen LogP contribution in [0.25, 0.3) is 0 Å². The largest absolute Gasteiger partial charge is 0.340 e. The molecule has 0 aromatic carbocycles. The van der Waals surface area contributed by atoms with Gasteiger partial charge in [0.15, 0.2) is 0 Å². The molecule has 1 fully saturated rings. The van der Waals surface area contributed by atoms with Crippen LogP contribution in [0, 0.1) is 5.92 Å². The molecule has 1 aliphatic heterocycles. The Balaban J connectivity index is 2.45. The molecule has 0 aromatic heterocycles. The zero-order chi connectivity index (χ0) is 12.1. The molecule has 1 amide bonds. The fourth-order valence-electron chi connectivity index (χ4n) is 2.45. The van der Waals surface area contributed by atoms with Gasteiger partial charge in [-0.2, -0.15) is 0 Å². The average molecular weight is 226 g/mol. The van der Waals surface area contributed by atoms with Crippen LogP contribution in [-0.4, -0.2) is 29.4 Å². The minimum absolute atomic E-state index is 0.0435. The molecule has 1 heterocycles. The quantitative estimate of drug-likeness (QED) is 0.798. The Morgan fingerprint density at radius 1 is 1.44 bits per heavy atom. The number of hydrogen-bond acceptors (Lipinski definition) is 2. The highest BCUT2D eigenvalue weighted by Gasteiger charge is 2.27. The Hall–Kier alpha value is -0.570. The number of piperidine rings is 1. The van der Waals surface area contributed by atoms with Crippen LogP contribution in [0.15, 0.2) is 0 Å². The number of likely N-dealkylation sites (tertiary alicyclic amines) is 1. The van der Waals surface area contributed by atoms with E-state index in [1.807, 2.05) is 4.90 Å². The van der Waals surface area contributed by atoms with Gasteiger partial charge in [-0.1, -0.05) is 20.3 Å². The lowest BCUT2D eigenvalue weighted by molar-refractivity contribution is -0.135. The van der Waals surface area contributed by atoms with Crippen LogP contribution in [0.2, 0.25) is 0 Å². The van der Waals surface area contributed by atoms with Crippen LogP contribution < -0.4 is 5.73 Å². The molecule has 1 saturated heterocycles. The van der Waals surface area contributed by atoms with Crippen molar-refractivity contribution in [3.63, 3.8) is 0 Å². The van der Waals surface area contributed by atoms with Crippen LogP contribution in [0.3, 0.4) is 0 Å². The number of carbonyl (C=O) groups excluding carboxylic acids is 1. The Morgan fingerprint density at radius 3 is 2.75 bits per heavy atom. The van der Waals surface area contributed by atoms with E-state index in [1.165, 1.54) is 6.42 Å². The summed E-state index contributed by atoms with van der Waals surface area (Å²) in [5.41, 5.74) is 5.92. The summed E-state index contributed by atoms with van der Waals surface area (Å²) in [6, 6.07) is 0.444. The van der Waals surface area contributed by atoms with E-state index >= 15 is 0 Å². The topological polar surface area (TPSA) is 46.3 Å². The highest BCUT2D eigenvalue weighted by Crippen LogP contribution is 2.22. The predicted octanol–water partition coefficient (Wildman–Crippen LogP) is 2.15. The maximum atomic E-state index is 12.1. The molecule has 0 saturated carbocycles. The van der Waals surface area contributed by atoms with Gasteiger partial charge in [-0.3, -0.25) is 4.79 Å². The lowest BCUT2D eigenvalue weighted by Crippen LogP contribution is -2.46. The Bertz CT molecular complexity index is 230. The van der Waals surface area contributed by atoms with E-state index in [2.05, 4.69) is 20.8 Å². The third-order valence-corrected chi connectivity index (χ3v) is 3.53. The second kappa shape index (κ2) is 6.24. The molecular weight excluding hydrogens is 200 g/mol. The Labute approximate surface area is 99.4 Å². The summed E-state index contributed by atoms with van der Waals surface area (Å²) in [7, 11) is 0. The molecule has 3 nitrogen and oxygen atoms in total. The zero-order valence-electron chi connectivity index (χ0n) is 10.9. The number of rotatable bonds is 4. The van der Waals surface area contributed by atoms with Gasteiger partial charge in [0.1, 0.15) is 0 Å². The van der Waals surface area contributed by atoms with Gasteiger partial charge < -0.3 is 10.6 Å². The van der Waals surface area contributed by atoms with Crippen molar-refractivity contribution in [3.05, 3.63) is 0 Å². The van der Waals surface area contributed by atoms with E-state index in [4.69, 9.17) is 5.73 Å². The third-order valence-electron chi connectivity index (χ3n) is 3.53. The lowest BCUT2D eigenvalue weighted by Gasteiger charge is -2.37. The smallest absolute Gasteiger partial charge is 0.224 e.